The quantitative estimate of drug-likeness (QED) is 0.475. The van der Waals surface area contributed by atoms with E-state index in [1.54, 1.807) is 32.2 Å². The first-order valence-corrected chi connectivity index (χ1v) is 11.4. The number of rotatable bonds is 7. The summed E-state index contributed by atoms with van der Waals surface area (Å²) < 4.78 is 21.6. The Morgan fingerprint density at radius 2 is 1.88 bits per heavy atom. The fourth-order valence-corrected chi connectivity index (χ4v) is 4.65. The molecule has 0 saturated carbocycles. The number of hydrogen-bond acceptors (Lipinski definition) is 8. The van der Waals surface area contributed by atoms with E-state index in [1.807, 2.05) is 20.8 Å². The maximum Gasteiger partial charge on any atom is 0.337 e. The maximum absolute atomic E-state index is 13.8. The van der Waals surface area contributed by atoms with Crippen LogP contribution in [0.2, 0.25) is 0 Å². The van der Waals surface area contributed by atoms with Gasteiger partial charge < -0.3 is 24.3 Å². The lowest BCUT2D eigenvalue weighted by Crippen LogP contribution is -2.43. The summed E-state index contributed by atoms with van der Waals surface area (Å²) in [6.07, 6.45) is 0.809. The lowest BCUT2D eigenvalue weighted by Gasteiger charge is -2.38. The Morgan fingerprint density at radius 3 is 2.47 bits per heavy atom. The van der Waals surface area contributed by atoms with Gasteiger partial charge in [-0.05, 0) is 38.7 Å². The van der Waals surface area contributed by atoms with Crippen molar-refractivity contribution in [3.63, 3.8) is 0 Å². The fraction of sp³-hybridized carbons (Fsp3) is 0.500. The standard InChI is InChI=1S/C26H33NO7/c1-8-14(3)34-26(30)21-15(4)27-18-11-13(2)20(25(29)33-7)24(28)23(18)22(21)17-10-9-16(31-5)12-19(17)32-6/h9-10,12-14,20,22,27H,8,11H2,1-7H3/t13-,14+,20-,22-/m1/s1. The van der Waals surface area contributed by atoms with Gasteiger partial charge in [0.1, 0.15) is 17.4 Å². The van der Waals surface area contributed by atoms with E-state index in [4.69, 9.17) is 18.9 Å². The van der Waals surface area contributed by atoms with Gasteiger partial charge in [-0.3, -0.25) is 9.59 Å². The highest BCUT2D eigenvalue weighted by Gasteiger charge is 2.48. The summed E-state index contributed by atoms with van der Waals surface area (Å²) in [5, 5.41) is 3.26. The molecule has 0 bridgehead atoms. The molecule has 8 heteroatoms. The number of carbonyl (C=O) groups is 3. The number of methoxy groups -OCH3 is 3. The van der Waals surface area contributed by atoms with Crippen LogP contribution in [0.4, 0.5) is 0 Å². The largest absolute Gasteiger partial charge is 0.497 e. The number of allylic oxidation sites excluding steroid dienone is 3. The third-order valence-corrected chi connectivity index (χ3v) is 6.60. The van der Waals surface area contributed by atoms with Crippen LogP contribution in [0, 0.1) is 11.8 Å². The van der Waals surface area contributed by atoms with Crippen LogP contribution in [0.5, 0.6) is 11.5 Å². The molecule has 0 spiro atoms. The van der Waals surface area contributed by atoms with Crippen LogP contribution in [0.1, 0.15) is 52.0 Å². The topological polar surface area (TPSA) is 100 Å². The minimum atomic E-state index is -0.956. The van der Waals surface area contributed by atoms with Gasteiger partial charge in [0.25, 0.3) is 0 Å². The Morgan fingerprint density at radius 1 is 1.18 bits per heavy atom. The molecule has 0 radical (unpaired) electrons. The van der Waals surface area contributed by atoms with Crippen molar-refractivity contribution in [1.29, 1.82) is 0 Å². The molecular weight excluding hydrogens is 438 g/mol. The van der Waals surface area contributed by atoms with Crippen molar-refractivity contribution in [1.82, 2.24) is 5.32 Å². The Bertz CT molecular complexity index is 1060. The smallest absolute Gasteiger partial charge is 0.337 e. The minimum Gasteiger partial charge on any atom is -0.497 e. The van der Waals surface area contributed by atoms with E-state index in [1.165, 1.54) is 14.2 Å². The molecule has 1 aliphatic carbocycles. The highest BCUT2D eigenvalue weighted by Crippen LogP contribution is 2.48. The van der Waals surface area contributed by atoms with Crippen LogP contribution in [-0.2, 0) is 23.9 Å². The highest BCUT2D eigenvalue weighted by atomic mass is 16.5. The van der Waals surface area contributed by atoms with Crippen LogP contribution in [0.25, 0.3) is 0 Å². The zero-order valence-corrected chi connectivity index (χ0v) is 20.8. The third-order valence-electron chi connectivity index (χ3n) is 6.60. The van der Waals surface area contributed by atoms with E-state index >= 15 is 0 Å². The molecule has 1 aliphatic heterocycles. The first kappa shape index (κ1) is 25.3. The number of dihydropyridines is 1. The van der Waals surface area contributed by atoms with Crippen LogP contribution in [0.15, 0.2) is 40.7 Å². The van der Waals surface area contributed by atoms with Gasteiger partial charge in [0.05, 0.1) is 38.9 Å². The molecule has 3 rings (SSSR count). The molecule has 0 unspecified atom stereocenters. The monoisotopic (exact) mass is 471 g/mol. The zero-order valence-electron chi connectivity index (χ0n) is 20.8. The number of hydrogen-bond donors (Lipinski definition) is 1. The molecule has 4 atom stereocenters. The second-order valence-corrected chi connectivity index (χ2v) is 8.77. The van der Waals surface area contributed by atoms with Crippen molar-refractivity contribution in [2.75, 3.05) is 21.3 Å². The number of ketones is 1. The van der Waals surface area contributed by atoms with Gasteiger partial charge in [-0.15, -0.1) is 0 Å². The Labute approximate surface area is 200 Å². The Hall–Kier alpha value is -3.29. The fourth-order valence-electron chi connectivity index (χ4n) is 4.65. The van der Waals surface area contributed by atoms with Crippen LogP contribution < -0.4 is 14.8 Å². The molecule has 184 valence electrons. The molecule has 8 nitrogen and oxygen atoms in total. The van der Waals surface area contributed by atoms with Gasteiger partial charge in [-0.25, -0.2) is 4.79 Å². The molecule has 0 saturated heterocycles. The number of ether oxygens (including phenoxy) is 4. The summed E-state index contributed by atoms with van der Waals surface area (Å²) in [5.74, 6) is -2.43. The van der Waals surface area contributed by atoms with Gasteiger partial charge in [-0.2, -0.15) is 0 Å². The molecule has 0 amide bonds. The first-order chi connectivity index (χ1) is 16.2. The van der Waals surface area contributed by atoms with Crippen molar-refractivity contribution < 1.29 is 33.3 Å². The molecule has 2 aliphatic rings. The highest BCUT2D eigenvalue weighted by molar-refractivity contribution is 6.12. The summed E-state index contributed by atoms with van der Waals surface area (Å²) in [7, 11) is 4.34. The second kappa shape index (κ2) is 10.3. The molecule has 1 aromatic rings. The van der Waals surface area contributed by atoms with Gasteiger partial charge in [0.2, 0.25) is 0 Å². The van der Waals surface area contributed by atoms with Crippen molar-refractivity contribution >= 4 is 17.7 Å². The molecule has 1 aromatic carbocycles. The molecule has 0 fully saturated rings. The van der Waals surface area contributed by atoms with Crippen molar-refractivity contribution in [2.24, 2.45) is 11.8 Å². The average Bonchev–Trinajstić information content (AvgIpc) is 2.82. The van der Waals surface area contributed by atoms with E-state index in [2.05, 4.69) is 5.32 Å². The predicted octanol–water partition coefficient (Wildman–Crippen LogP) is 3.66. The number of carbonyl (C=O) groups excluding carboxylic acids is 3. The third kappa shape index (κ3) is 4.54. The van der Waals surface area contributed by atoms with Crippen molar-refractivity contribution in [3.05, 3.63) is 46.3 Å². The lowest BCUT2D eigenvalue weighted by atomic mass is 9.69. The van der Waals surface area contributed by atoms with Gasteiger partial charge >= 0.3 is 11.9 Å². The van der Waals surface area contributed by atoms with E-state index in [9.17, 15) is 14.4 Å². The predicted molar refractivity (Wildman–Crippen MR) is 125 cm³/mol. The number of esters is 2. The van der Waals surface area contributed by atoms with Crippen molar-refractivity contribution in [3.8, 4) is 11.5 Å². The normalized spacial score (nSPS) is 23.0. The lowest BCUT2D eigenvalue weighted by molar-refractivity contribution is -0.151. The maximum atomic E-state index is 13.8. The summed E-state index contributed by atoms with van der Waals surface area (Å²) in [6.45, 7) is 7.38. The molecule has 1 N–H and O–H groups in total. The minimum absolute atomic E-state index is 0.258. The molecule has 34 heavy (non-hydrogen) atoms. The van der Waals surface area contributed by atoms with Gasteiger partial charge in [-0.1, -0.05) is 19.9 Å². The Balaban J connectivity index is 2.24. The number of nitrogens with one attached hydrogen (secondary N) is 1. The first-order valence-electron chi connectivity index (χ1n) is 11.4. The van der Waals surface area contributed by atoms with E-state index in [-0.39, 0.29) is 17.8 Å². The SMILES string of the molecule is CC[C@H](C)OC(=O)C1=C(C)NC2=C(C(=O)[C@H](C(=O)OC)[C@H](C)C2)[C@@H]1c1ccc(OC)cc1OC. The molecular formula is C26H33NO7. The van der Waals surface area contributed by atoms with Gasteiger partial charge in [0, 0.05) is 28.6 Å². The van der Waals surface area contributed by atoms with Crippen molar-refractivity contribution in [2.45, 2.75) is 52.6 Å². The summed E-state index contributed by atoms with van der Waals surface area (Å²) in [4.78, 5) is 39.7. The number of benzene rings is 1. The van der Waals surface area contributed by atoms with E-state index < -0.39 is 23.8 Å². The Kier molecular flexibility index (Phi) is 7.69. The van der Waals surface area contributed by atoms with E-state index in [0.29, 0.717) is 52.4 Å². The summed E-state index contributed by atoms with van der Waals surface area (Å²) in [5.41, 5.74) is 2.58. The van der Waals surface area contributed by atoms with Gasteiger partial charge in [0.15, 0.2) is 5.78 Å². The second-order valence-electron chi connectivity index (χ2n) is 8.77. The average molecular weight is 472 g/mol. The summed E-state index contributed by atoms with van der Waals surface area (Å²) >= 11 is 0. The molecule has 0 aromatic heterocycles. The zero-order chi connectivity index (χ0) is 25.2. The molecule has 1 heterocycles. The van der Waals surface area contributed by atoms with Crippen LogP contribution >= 0.6 is 0 Å². The number of Topliss-reactive ketones (excluding diaryl/α,β-unsaturated/α-hetero) is 1. The van der Waals surface area contributed by atoms with E-state index in [0.717, 1.165) is 0 Å². The summed E-state index contributed by atoms with van der Waals surface area (Å²) in [6, 6.07) is 5.24. The van der Waals surface area contributed by atoms with Crippen LogP contribution in [0.3, 0.4) is 0 Å². The van der Waals surface area contributed by atoms with Crippen LogP contribution in [-0.4, -0.2) is 45.2 Å².